The van der Waals surface area contributed by atoms with Crippen LogP contribution in [0, 0.1) is 17.3 Å². The maximum absolute atomic E-state index is 13.1. The minimum Gasteiger partial charge on any atom is -0.492 e. The summed E-state index contributed by atoms with van der Waals surface area (Å²) in [7, 11) is 1.64. The summed E-state index contributed by atoms with van der Waals surface area (Å²) in [6.07, 6.45) is -16.7. The molecule has 0 aliphatic heterocycles. The quantitative estimate of drug-likeness (QED) is 0.180. The lowest BCUT2D eigenvalue weighted by molar-refractivity contribution is -0.457. The van der Waals surface area contributed by atoms with Gasteiger partial charge in [-0.25, -0.2) is 4.79 Å². The molecule has 2 saturated carbocycles. The second-order valence-electron chi connectivity index (χ2n) is 14.4. The molecular formula is C33H44F9NO5. The minimum absolute atomic E-state index is 0.276. The van der Waals surface area contributed by atoms with Gasteiger partial charge < -0.3 is 23.8 Å². The normalized spacial score (nSPS) is 26.4. The number of amides is 1. The Bertz CT molecular complexity index is 1240. The summed E-state index contributed by atoms with van der Waals surface area (Å²) in [4.78, 5) is 13.6. The van der Waals surface area contributed by atoms with Crippen LogP contribution >= 0.6 is 0 Å². The number of nitrogens with zero attached hydrogens (tertiary/aromatic N) is 1. The average molecular weight is 706 g/mol. The van der Waals surface area contributed by atoms with Crippen LogP contribution < -0.4 is 4.74 Å². The number of aryl methyl sites for hydroxylation is 1. The van der Waals surface area contributed by atoms with Crippen molar-refractivity contribution in [3.8, 4) is 5.75 Å². The fourth-order valence-corrected chi connectivity index (χ4v) is 7.84. The fourth-order valence-electron chi connectivity index (χ4n) is 7.84. The Morgan fingerprint density at radius 2 is 1.54 bits per heavy atom. The molecule has 0 radical (unpaired) electrons. The number of carbonyl (C=O) groups excluding carboxylic acids is 1. The molecule has 5 atom stereocenters. The molecule has 0 unspecified atom stereocenters. The molecule has 0 spiro atoms. The highest BCUT2D eigenvalue weighted by atomic mass is 19.4. The van der Waals surface area contributed by atoms with E-state index in [-0.39, 0.29) is 24.0 Å². The van der Waals surface area contributed by atoms with Gasteiger partial charge in [0.2, 0.25) is 0 Å². The predicted octanol–water partition coefficient (Wildman–Crippen LogP) is 9.01. The summed E-state index contributed by atoms with van der Waals surface area (Å²) >= 11 is 0. The average Bonchev–Trinajstić information content (AvgIpc) is 3.27. The van der Waals surface area contributed by atoms with E-state index in [9.17, 15) is 44.3 Å². The summed E-state index contributed by atoms with van der Waals surface area (Å²) in [5.74, 6) is 1.65. The van der Waals surface area contributed by atoms with E-state index >= 15 is 0 Å². The first kappa shape index (κ1) is 38.4. The van der Waals surface area contributed by atoms with Crippen LogP contribution in [0.3, 0.4) is 0 Å². The number of carbonyl (C=O) groups is 1. The monoisotopic (exact) mass is 705 g/mol. The van der Waals surface area contributed by atoms with E-state index in [2.05, 4.69) is 17.7 Å². The molecule has 274 valence electrons. The zero-order valence-electron chi connectivity index (χ0n) is 27.7. The fraction of sp³-hybridized carbons (Fsp3) is 0.788. The van der Waals surface area contributed by atoms with Crippen molar-refractivity contribution in [1.82, 2.24) is 4.90 Å². The number of alkyl halides is 9. The number of rotatable bonds is 10. The summed E-state index contributed by atoms with van der Waals surface area (Å²) < 4.78 is 139. The third kappa shape index (κ3) is 7.66. The molecule has 0 saturated heterocycles. The SMILES string of the molecule is CN(CCOc1ccc2c(c1)CC[C@@H]1[C@@H]2CC[C@]2(C)[C@@H](OCCCOC(C(F)(F)F)(C(F)(F)F)C(F)(F)F)CC[C@@H]12)C(=O)OC(C)(C)C. The van der Waals surface area contributed by atoms with Gasteiger partial charge in [-0.2, -0.15) is 39.5 Å². The summed E-state index contributed by atoms with van der Waals surface area (Å²) in [5, 5.41) is 0. The molecular weight excluding hydrogens is 661 g/mol. The Hall–Kier alpha value is -2.42. The molecule has 1 aromatic rings. The Morgan fingerprint density at radius 3 is 2.15 bits per heavy atom. The molecule has 4 rings (SSSR count). The standard InChI is InChI=1S/C33H44F9NO5/c1-28(2,3)48-27(44)43(5)15-18-45-21-8-10-22-20(19-21)7-9-24-23(22)13-14-29(4)25(24)11-12-26(29)46-16-6-17-47-30(31(34,35)36,32(37,38)39)33(40,41)42/h8,10,19,23-26H,6-7,9,11-18H2,1-5H3/t23-,24-,25+,26+,29+/m1/s1. The van der Waals surface area contributed by atoms with Crippen molar-refractivity contribution in [2.45, 2.75) is 114 Å². The number of halogens is 9. The number of hydrogen-bond donors (Lipinski definition) is 0. The van der Waals surface area contributed by atoms with E-state index in [1.807, 2.05) is 12.1 Å². The van der Waals surface area contributed by atoms with E-state index in [4.69, 9.17) is 14.2 Å². The van der Waals surface area contributed by atoms with E-state index in [1.54, 1.807) is 27.8 Å². The molecule has 48 heavy (non-hydrogen) atoms. The molecule has 3 aliphatic carbocycles. The lowest BCUT2D eigenvalue weighted by Crippen LogP contribution is -2.67. The Labute approximate surface area is 274 Å². The lowest BCUT2D eigenvalue weighted by atomic mass is 9.55. The first-order valence-corrected chi connectivity index (χ1v) is 16.2. The highest BCUT2D eigenvalue weighted by Crippen LogP contribution is 2.62. The van der Waals surface area contributed by atoms with E-state index in [1.165, 1.54) is 16.0 Å². The van der Waals surface area contributed by atoms with Crippen molar-refractivity contribution in [2.24, 2.45) is 17.3 Å². The van der Waals surface area contributed by atoms with Gasteiger partial charge in [-0.15, -0.1) is 0 Å². The maximum Gasteiger partial charge on any atom is 0.435 e. The van der Waals surface area contributed by atoms with Crippen molar-refractivity contribution >= 4 is 6.09 Å². The highest BCUT2D eigenvalue weighted by molar-refractivity contribution is 5.67. The van der Waals surface area contributed by atoms with Crippen LogP contribution in [0.4, 0.5) is 44.3 Å². The zero-order chi connectivity index (χ0) is 35.9. The van der Waals surface area contributed by atoms with Gasteiger partial charge in [0.1, 0.15) is 18.0 Å². The van der Waals surface area contributed by atoms with Gasteiger partial charge in [0, 0.05) is 13.7 Å². The van der Waals surface area contributed by atoms with Gasteiger partial charge >= 0.3 is 30.2 Å². The Morgan fingerprint density at radius 1 is 0.896 bits per heavy atom. The molecule has 0 bridgehead atoms. The Kier molecular flexibility index (Phi) is 11.0. The topological polar surface area (TPSA) is 57.2 Å². The second kappa shape index (κ2) is 13.7. The third-order valence-electron chi connectivity index (χ3n) is 10.1. The molecule has 0 aromatic heterocycles. The van der Waals surface area contributed by atoms with Crippen LogP contribution in [0.15, 0.2) is 18.2 Å². The molecule has 0 N–H and O–H groups in total. The maximum atomic E-state index is 13.1. The van der Waals surface area contributed by atoms with E-state index in [0.717, 1.165) is 32.1 Å². The van der Waals surface area contributed by atoms with Crippen molar-refractivity contribution in [1.29, 1.82) is 0 Å². The van der Waals surface area contributed by atoms with Gasteiger partial charge in [-0.3, -0.25) is 0 Å². The third-order valence-corrected chi connectivity index (χ3v) is 10.1. The highest BCUT2D eigenvalue weighted by Gasteiger charge is 2.85. The molecule has 15 heteroatoms. The van der Waals surface area contributed by atoms with Gasteiger partial charge in [0.15, 0.2) is 0 Å². The van der Waals surface area contributed by atoms with Crippen molar-refractivity contribution in [3.05, 3.63) is 29.3 Å². The van der Waals surface area contributed by atoms with Crippen molar-refractivity contribution in [3.63, 3.8) is 0 Å². The number of hydrogen-bond acceptors (Lipinski definition) is 5. The van der Waals surface area contributed by atoms with Crippen molar-refractivity contribution < 1.29 is 63.3 Å². The van der Waals surface area contributed by atoms with Gasteiger partial charge in [-0.05, 0) is 112 Å². The zero-order valence-corrected chi connectivity index (χ0v) is 27.7. The molecule has 1 aromatic carbocycles. The Balaban J connectivity index is 1.31. The second-order valence-corrected chi connectivity index (χ2v) is 14.4. The number of fused-ring (bicyclic) bond motifs is 5. The van der Waals surface area contributed by atoms with Crippen LogP contribution in [-0.4, -0.2) is 80.2 Å². The smallest absolute Gasteiger partial charge is 0.435 e. The predicted molar refractivity (Wildman–Crippen MR) is 157 cm³/mol. The van der Waals surface area contributed by atoms with Crippen LogP contribution in [0.5, 0.6) is 5.75 Å². The van der Waals surface area contributed by atoms with E-state index in [0.29, 0.717) is 37.2 Å². The number of likely N-dealkylation sites (N-methyl/N-ethyl adjacent to an activating group) is 1. The van der Waals surface area contributed by atoms with Crippen LogP contribution in [-0.2, 0) is 20.6 Å². The number of benzene rings is 1. The summed E-state index contributed by atoms with van der Waals surface area (Å²) in [5.41, 5.74) is -4.68. The summed E-state index contributed by atoms with van der Waals surface area (Å²) in [6, 6.07) is 6.06. The minimum atomic E-state index is -6.75. The first-order valence-electron chi connectivity index (χ1n) is 16.2. The van der Waals surface area contributed by atoms with Crippen molar-refractivity contribution in [2.75, 3.05) is 33.4 Å². The largest absolute Gasteiger partial charge is 0.492 e. The van der Waals surface area contributed by atoms with Gasteiger partial charge in [0.05, 0.1) is 19.3 Å². The van der Waals surface area contributed by atoms with Crippen LogP contribution in [0.1, 0.15) is 83.3 Å². The number of ether oxygens (including phenoxy) is 4. The van der Waals surface area contributed by atoms with Gasteiger partial charge in [0.25, 0.3) is 0 Å². The molecule has 1 amide bonds. The first-order chi connectivity index (χ1) is 22.0. The summed E-state index contributed by atoms with van der Waals surface area (Å²) in [6.45, 7) is 6.36. The molecule has 6 nitrogen and oxygen atoms in total. The molecule has 0 heterocycles. The van der Waals surface area contributed by atoms with Crippen LogP contribution in [0.2, 0.25) is 0 Å². The van der Waals surface area contributed by atoms with Crippen LogP contribution in [0.25, 0.3) is 0 Å². The lowest BCUT2D eigenvalue weighted by Gasteiger charge is -2.50. The molecule has 2 fully saturated rings. The van der Waals surface area contributed by atoms with Gasteiger partial charge in [-0.1, -0.05) is 13.0 Å². The van der Waals surface area contributed by atoms with E-state index < -0.39 is 48.9 Å². The molecule has 3 aliphatic rings.